The summed E-state index contributed by atoms with van der Waals surface area (Å²) in [4.78, 5) is 43.7. The summed E-state index contributed by atoms with van der Waals surface area (Å²) in [6.07, 6.45) is 0.752. The van der Waals surface area contributed by atoms with Gasteiger partial charge in [-0.3, -0.25) is 9.59 Å². The van der Waals surface area contributed by atoms with Gasteiger partial charge in [-0.1, -0.05) is 23.7 Å². The molecule has 1 saturated heterocycles. The van der Waals surface area contributed by atoms with Gasteiger partial charge in [0, 0.05) is 60.5 Å². The lowest BCUT2D eigenvalue weighted by Gasteiger charge is -2.38. The molecule has 3 aromatic rings. The number of carbonyl (C=O) groups is 3. The number of ether oxygens (including phenoxy) is 1. The highest BCUT2D eigenvalue weighted by Crippen LogP contribution is 2.44. The number of nitrogens with one attached hydrogen (secondary N) is 3. The van der Waals surface area contributed by atoms with E-state index in [0.29, 0.717) is 60.5 Å². The lowest BCUT2D eigenvalue weighted by Crippen LogP contribution is -2.45. The molecule has 35 heavy (non-hydrogen) atoms. The minimum absolute atomic E-state index is 0.178. The van der Waals surface area contributed by atoms with E-state index >= 15 is 0 Å². The molecule has 8 nitrogen and oxygen atoms in total. The van der Waals surface area contributed by atoms with Crippen LogP contribution >= 0.6 is 11.6 Å². The molecule has 0 atom stereocenters. The van der Waals surface area contributed by atoms with Crippen molar-refractivity contribution in [3.05, 3.63) is 69.6 Å². The molecule has 1 fully saturated rings. The largest absolute Gasteiger partial charge is 0.450 e. The number of piperidine rings is 1. The lowest BCUT2D eigenvalue weighted by atomic mass is 9.83. The molecule has 2 amide bonds. The molecule has 3 heterocycles. The Hall–Kier alpha value is -3.43. The first-order valence-electron chi connectivity index (χ1n) is 11.4. The minimum atomic E-state index is -0.877. The first-order valence-corrected chi connectivity index (χ1v) is 11.8. The predicted octanol–water partition coefficient (Wildman–Crippen LogP) is 3.21. The van der Waals surface area contributed by atoms with E-state index in [2.05, 4.69) is 15.6 Å². The zero-order valence-electron chi connectivity index (χ0n) is 19.0. The minimum Gasteiger partial charge on any atom is -0.450 e. The summed E-state index contributed by atoms with van der Waals surface area (Å²) in [7, 11) is 1.78. The molecule has 10 heteroatoms. The molecule has 2 aliphatic rings. The third-order valence-electron chi connectivity index (χ3n) is 6.70. The first kappa shape index (κ1) is 23.3. The zero-order chi connectivity index (χ0) is 24.7. The normalized spacial score (nSPS) is 16.4. The number of H-pyrrole nitrogens is 1. The van der Waals surface area contributed by atoms with Gasteiger partial charge in [0.15, 0.2) is 0 Å². The van der Waals surface area contributed by atoms with E-state index in [1.807, 2.05) is 0 Å². The number of esters is 1. The summed E-state index contributed by atoms with van der Waals surface area (Å²) in [6.45, 7) is 1.60. The van der Waals surface area contributed by atoms with Gasteiger partial charge in [0.05, 0.1) is 11.1 Å². The Kier molecular flexibility index (Phi) is 5.98. The summed E-state index contributed by atoms with van der Waals surface area (Å²) in [5.41, 5.74) is 1.06. The number of aromatic nitrogens is 1. The topological polar surface area (TPSA) is 104 Å². The van der Waals surface area contributed by atoms with Gasteiger partial charge < -0.3 is 25.3 Å². The van der Waals surface area contributed by atoms with Crippen molar-refractivity contribution >= 4 is 40.3 Å². The Balaban J connectivity index is 1.42. The Labute approximate surface area is 205 Å². The lowest BCUT2D eigenvalue weighted by molar-refractivity contribution is -0.0389. The number of hydrogen-bond acceptors (Lipinski definition) is 5. The second kappa shape index (κ2) is 8.98. The van der Waals surface area contributed by atoms with E-state index < -0.39 is 17.4 Å². The van der Waals surface area contributed by atoms with Crippen molar-refractivity contribution in [2.75, 3.05) is 33.2 Å². The fraction of sp³-hybridized carbons (Fsp3) is 0.320. The van der Waals surface area contributed by atoms with E-state index in [1.165, 1.54) is 12.1 Å². The smallest absolute Gasteiger partial charge is 0.339 e. The van der Waals surface area contributed by atoms with E-state index in [1.54, 1.807) is 36.2 Å². The highest BCUT2D eigenvalue weighted by Gasteiger charge is 2.48. The van der Waals surface area contributed by atoms with Crippen molar-refractivity contribution in [3.8, 4) is 0 Å². The maximum Gasteiger partial charge on any atom is 0.339 e. The van der Waals surface area contributed by atoms with Crippen LogP contribution in [0.1, 0.15) is 49.6 Å². The number of nitrogens with zero attached hydrogens (tertiary/aromatic N) is 1. The molecule has 5 rings (SSSR count). The molecule has 0 bridgehead atoms. The summed E-state index contributed by atoms with van der Waals surface area (Å²) < 4.78 is 19.4. The number of fused-ring (bicyclic) bond motifs is 3. The fourth-order valence-corrected chi connectivity index (χ4v) is 5.09. The van der Waals surface area contributed by atoms with Crippen LogP contribution in [-0.2, 0) is 10.3 Å². The van der Waals surface area contributed by atoms with Crippen molar-refractivity contribution in [1.29, 1.82) is 0 Å². The predicted molar refractivity (Wildman–Crippen MR) is 128 cm³/mol. The van der Waals surface area contributed by atoms with Crippen LogP contribution in [-0.4, -0.2) is 60.9 Å². The average Bonchev–Trinajstić information content (AvgIpc) is 3.34. The number of hydrogen-bond donors (Lipinski definition) is 3. The maximum absolute atomic E-state index is 13.7. The molecule has 0 saturated carbocycles. The van der Waals surface area contributed by atoms with Crippen LogP contribution in [0.25, 0.3) is 10.9 Å². The number of carbonyl (C=O) groups excluding carboxylic acids is 3. The Bertz CT molecular complexity index is 1350. The van der Waals surface area contributed by atoms with E-state index in [9.17, 15) is 18.8 Å². The van der Waals surface area contributed by atoms with Crippen LogP contribution in [0.2, 0.25) is 5.02 Å². The molecular formula is C25H24ClFN4O4. The van der Waals surface area contributed by atoms with Crippen LogP contribution in [0, 0.1) is 5.82 Å². The molecule has 3 N–H and O–H groups in total. The van der Waals surface area contributed by atoms with Gasteiger partial charge in [-0.15, -0.1) is 0 Å². The van der Waals surface area contributed by atoms with E-state index in [4.69, 9.17) is 16.3 Å². The quantitative estimate of drug-likeness (QED) is 0.370. The highest BCUT2D eigenvalue weighted by molar-refractivity contribution is 6.31. The molecule has 1 spiro atoms. The monoisotopic (exact) mass is 498 g/mol. The zero-order valence-corrected chi connectivity index (χ0v) is 19.8. The number of likely N-dealkylation sites (tertiary alicyclic amines) is 1. The van der Waals surface area contributed by atoms with E-state index in [0.717, 1.165) is 0 Å². The maximum atomic E-state index is 13.7. The third-order valence-corrected chi connectivity index (χ3v) is 6.94. The molecule has 182 valence electrons. The van der Waals surface area contributed by atoms with Gasteiger partial charge in [0.2, 0.25) is 0 Å². The van der Waals surface area contributed by atoms with Gasteiger partial charge in [0.25, 0.3) is 11.8 Å². The molecule has 0 radical (unpaired) electrons. The van der Waals surface area contributed by atoms with Gasteiger partial charge in [-0.2, -0.15) is 0 Å². The number of benzene rings is 2. The molecule has 1 aromatic heterocycles. The molecule has 2 aromatic carbocycles. The summed E-state index contributed by atoms with van der Waals surface area (Å²) in [5.74, 6) is -1.72. The number of amides is 2. The van der Waals surface area contributed by atoms with Gasteiger partial charge in [-0.05, 0) is 31.3 Å². The number of likely N-dealkylation sites (N-methyl/N-ethyl adjacent to an activating group) is 1. The second-order valence-electron chi connectivity index (χ2n) is 8.79. The van der Waals surface area contributed by atoms with Crippen LogP contribution in [0.4, 0.5) is 4.39 Å². The molecule has 2 aliphatic heterocycles. The Morgan fingerprint density at radius 3 is 2.69 bits per heavy atom. The van der Waals surface area contributed by atoms with Crippen molar-refractivity contribution in [3.63, 3.8) is 0 Å². The Morgan fingerprint density at radius 1 is 1.17 bits per heavy atom. The SMILES string of the molecule is CNCCNC(=O)c1[nH]c2cc(Cl)ccc2c1C(=O)N1CCC2(CC1)OC(=O)c1cc(F)ccc12. The van der Waals surface area contributed by atoms with Crippen molar-refractivity contribution in [1.82, 2.24) is 20.5 Å². The summed E-state index contributed by atoms with van der Waals surface area (Å²) in [6, 6.07) is 9.18. The Morgan fingerprint density at radius 2 is 1.94 bits per heavy atom. The molecule has 0 aliphatic carbocycles. The van der Waals surface area contributed by atoms with Crippen molar-refractivity contribution in [2.24, 2.45) is 0 Å². The number of rotatable bonds is 5. The van der Waals surface area contributed by atoms with Crippen LogP contribution in [0.15, 0.2) is 36.4 Å². The number of aromatic amines is 1. The summed E-state index contributed by atoms with van der Waals surface area (Å²) in [5, 5.41) is 6.86. The van der Waals surface area contributed by atoms with Crippen LogP contribution in [0.3, 0.4) is 0 Å². The first-order chi connectivity index (χ1) is 16.8. The highest BCUT2D eigenvalue weighted by atomic mass is 35.5. The van der Waals surface area contributed by atoms with Crippen molar-refractivity contribution < 1.29 is 23.5 Å². The van der Waals surface area contributed by atoms with Crippen molar-refractivity contribution in [2.45, 2.75) is 18.4 Å². The standard InChI is InChI=1S/C25H24ClFN4O4/c1-28-8-9-29-22(32)21-20(16-4-2-14(26)12-19(16)30-21)23(33)31-10-6-25(7-11-31)18-5-3-15(27)13-17(18)24(34)35-25/h2-5,12-13,28,30H,6-11H2,1H3,(H,29,32). The second-order valence-corrected chi connectivity index (χ2v) is 9.23. The summed E-state index contributed by atoms with van der Waals surface area (Å²) >= 11 is 6.13. The number of halogens is 2. The molecule has 0 unspecified atom stereocenters. The molecular weight excluding hydrogens is 475 g/mol. The van der Waals surface area contributed by atoms with Crippen LogP contribution in [0.5, 0.6) is 0 Å². The fourth-order valence-electron chi connectivity index (χ4n) is 4.92. The van der Waals surface area contributed by atoms with Gasteiger partial charge in [-0.25, -0.2) is 9.18 Å². The van der Waals surface area contributed by atoms with E-state index in [-0.39, 0.29) is 28.6 Å². The van der Waals surface area contributed by atoms with Gasteiger partial charge >= 0.3 is 5.97 Å². The van der Waals surface area contributed by atoms with Crippen LogP contribution < -0.4 is 10.6 Å². The third kappa shape index (κ3) is 4.04. The average molecular weight is 499 g/mol. The van der Waals surface area contributed by atoms with Gasteiger partial charge in [0.1, 0.15) is 17.1 Å².